The highest BCUT2D eigenvalue weighted by Gasteiger charge is 2.17. The molecule has 1 fully saturated rings. The first-order valence-corrected chi connectivity index (χ1v) is 7.04. The van der Waals surface area contributed by atoms with Crippen molar-refractivity contribution in [3.05, 3.63) is 28.8 Å². The molecule has 1 saturated heterocycles. The van der Waals surface area contributed by atoms with Crippen molar-refractivity contribution in [2.75, 3.05) is 5.75 Å². The van der Waals surface area contributed by atoms with Gasteiger partial charge in [0.15, 0.2) is 0 Å². The van der Waals surface area contributed by atoms with Crippen LogP contribution in [0.15, 0.2) is 23.2 Å². The molecule has 1 nitrogen and oxygen atoms in total. The van der Waals surface area contributed by atoms with E-state index in [9.17, 15) is 0 Å². The Bertz CT molecular complexity index is 404. The van der Waals surface area contributed by atoms with Crippen LogP contribution >= 0.6 is 35.1 Å². The standard InChI is InChI=1S/C11H12ClNS2/c1-7-5-9(12)3-4-10(7)13-11-14-6-8(2)15-11/h3-5,8H,6H2,1-2H3. The third-order valence-corrected chi connectivity index (χ3v) is 5.07. The molecule has 1 heterocycles. The Hall–Kier alpha value is -0.120. The van der Waals surface area contributed by atoms with Gasteiger partial charge in [-0.1, -0.05) is 42.0 Å². The van der Waals surface area contributed by atoms with E-state index in [-0.39, 0.29) is 0 Å². The van der Waals surface area contributed by atoms with Crippen LogP contribution in [0.3, 0.4) is 0 Å². The number of aliphatic imine (C=N–C) groups is 1. The summed E-state index contributed by atoms with van der Waals surface area (Å²) < 4.78 is 1.17. The highest BCUT2D eigenvalue weighted by Crippen LogP contribution is 2.35. The van der Waals surface area contributed by atoms with Crippen LogP contribution in [-0.2, 0) is 0 Å². The largest absolute Gasteiger partial charge is 0.235 e. The fourth-order valence-corrected chi connectivity index (χ4v) is 4.04. The molecular weight excluding hydrogens is 246 g/mol. The minimum Gasteiger partial charge on any atom is -0.235 e. The zero-order valence-electron chi connectivity index (χ0n) is 8.66. The Morgan fingerprint density at radius 2 is 2.27 bits per heavy atom. The lowest BCUT2D eigenvalue weighted by Crippen LogP contribution is -1.89. The normalized spacial score (nSPS) is 23.7. The molecule has 1 atom stereocenters. The molecule has 1 aromatic carbocycles. The van der Waals surface area contributed by atoms with Crippen molar-refractivity contribution in [3.8, 4) is 0 Å². The third kappa shape index (κ3) is 2.92. The maximum absolute atomic E-state index is 5.90. The van der Waals surface area contributed by atoms with Gasteiger partial charge in [0.2, 0.25) is 0 Å². The van der Waals surface area contributed by atoms with Crippen LogP contribution in [-0.4, -0.2) is 15.4 Å². The summed E-state index contributed by atoms with van der Waals surface area (Å²) in [4.78, 5) is 4.63. The van der Waals surface area contributed by atoms with E-state index < -0.39 is 0 Å². The highest BCUT2D eigenvalue weighted by atomic mass is 35.5. The summed E-state index contributed by atoms with van der Waals surface area (Å²) >= 11 is 9.59. The van der Waals surface area contributed by atoms with Crippen LogP contribution in [0.2, 0.25) is 5.02 Å². The van der Waals surface area contributed by atoms with Gasteiger partial charge in [-0.25, -0.2) is 4.99 Å². The first-order chi connectivity index (χ1) is 7.15. The molecule has 0 saturated carbocycles. The summed E-state index contributed by atoms with van der Waals surface area (Å²) in [6, 6.07) is 5.82. The van der Waals surface area contributed by atoms with Crippen LogP contribution in [0, 0.1) is 6.92 Å². The molecule has 0 amide bonds. The van der Waals surface area contributed by atoms with E-state index in [0.29, 0.717) is 5.25 Å². The smallest absolute Gasteiger partial charge is 0.130 e. The molecule has 1 aliphatic rings. The maximum Gasteiger partial charge on any atom is 0.130 e. The fourth-order valence-electron chi connectivity index (χ4n) is 1.33. The minimum absolute atomic E-state index is 0.682. The van der Waals surface area contributed by atoms with E-state index in [0.717, 1.165) is 22.0 Å². The number of hydrogen-bond acceptors (Lipinski definition) is 3. The first kappa shape index (κ1) is 11.4. The quantitative estimate of drug-likeness (QED) is 0.734. The molecule has 1 aromatic rings. The van der Waals surface area contributed by atoms with Gasteiger partial charge in [-0.15, -0.1) is 0 Å². The number of aryl methyl sites for hydroxylation is 1. The Morgan fingerprint density at radius 3 is 2.87 bits per heavy atom. The number of hydrogen-bond donors (Lipinski definition) is 0. The summed E-state index contributed by atoms with van der Waals surface area (Å²) in [6.45, 7) is 4.27. The van der Waals surface area contributed by atoms with E-state index >= 15 is 0 Å². The van der Waals surface area contributed by atoms with Gasteiger partial charge < -0.3 is 0 Å². The van der Waals surface area contributed by atoms with Crippen molar-refractivity contribution in [1.29, 1.82) is 0 Å². The second-order valence-electron chi connectivity index (χ2n) is 3.55. The summed E-state index contributed by atoms with van der Waals surface area (Å²) in [5.74, 6) is 1.16. The topological polar surface area (TPSA) is 12.4 Å². The van der Waals surface area contributed by atoms with Crippen molar-refractivity contribution in [1.82, 2.24) is 0 Å². The van der Waals surface area contributed by atoms with Gasteiger partial charge in [-0.2, -0.15) is 0 Å². The van der Waals surface area contributed by atoms with Crippen molar-refractivity contribution < 1.29 is 0 Å². The number of rotatable bonds is 1. The second kappa shape index (κ2) is 4.81. The fraction of sp³-hybridized carbons (Fsp3) is 0.364. The molecule has 0 aliphatic carbocycles. The number of halogens is 1. The molecule has 0 bridgehead atoms. The predicted octanol–water partition coefficient (Wildman–Crippen LogP) is 4.50. The van der Waals surface area contributed by atoms with Crippen LogP contribution < -0.4 is 0 Å². The van der Waals surface area contributed by atoms with Crippen LogP contribution in [0.4, 0.5) is 5.69 Å². The highest BCUT2D eigenvalue weighted by molar-refractivity contribution is 8.41. The van der Waals surface area contributed by atoms with E-state index in [2.05, 4.69) is 11.9 Å². The van der Waals surface area contributed by atoms with Gasteiger partial charge in [0.1, 0.15) is 4.38 Å². The summed E-state index contributed by atoms with van der Waals surface area (Å²) in [7, 11) is 0. The zero-order chi connectivity index (χ0) is 10.8. The molecule has 80 valence electrons. The van der Waals surface area contributed by atoms with E-state index in [4.69, 9.17) is 11.6 Å². The lowest BCUT2D eigenvalue weighted by Gasteiger charge is -2.01. The molecule has 4 heteroatoms. The molecule has 0 aromatic heterocycles. The molecule has 0 N–H and O–H groups in total. The maximum atomic E-state index is 5.90. The van der Waals surface area contributed by atoms with Gasteiger partial charge in [0.25, 0.3) is 0 Å². The van der Waals surface area contributed by atoms with Gasteiger partial charge in [0.05, 0.1) is 5.69 Å². The van der Waals surface area contributed by atoms with Crippen molar-refractivity contribution >= 4 is 45.2 Å². The Balaban J connectivity index is 2.24. The van der Waals surface area contributed by atoms with E-state index in [1.54, 1.807) is 0 Å². The molecule has 0 spiro atoms. The number of benzene rings is 1. The summed E-state index contributed by atoms with van der Waals surface area (Å²) in [5.41, 5.74) is 2.17. The van der Waals surface area contributed by atoms with Crippen molar-refractivity contribution in [3.63, 3.8) is 0 Å². The minimum atomic E-state index is 0.682. The average molecular weight is 258 g/mol. The van der Waals surface area contributed by atoms with Crippen LogP contribution in [0.25, 0.3) is 0 Å². The number of thioether (sulfide) groups is 2. The average Bonchev–Trinajstić information content (AvgIpc) is 2.56. The zero-order valence-corrected chi connectivity index (χ0v) is 11.0. The Kier molecular flexibility index (Phi) is 3.65. The van der Waals surface area contributed by atoms with Crippen molar-refractivity contribution in [2.24, 2.45) is 4.99 Å². The predicted molar refractivity (Wildman–Crippen MR) is 72.8 cm³/mol. The lowest BCUT2D eigenvalue weighted by atomic mass is 10.2. The third-order valence-electron chi connectivity index (χ3n) is 2.11. The van der Waals surface area contributed by atoms with Gasteiger partial charge in [0, 0.05) is 16.0 Å². The Labute approximate surface area is 104 Å². The molecular formula is C11H12ClNS2. The summed E-state index contributed by atoms with van der Waals surface area (Å²) in [6.07, 6.45) is 0. The van der Waals surface area contributed by atoms with E-state index in [1.807, 2.05) is 48.6 Å². The van der Waals surface area contributed by atoms with Crippen LogP contribution in [0.1, 0.15) is 12.5 Å². The van der Waals surface area contributed by atoms with Crippen LogP contribution in [0.5, 0.6) is 0 Å². The molecule has 0 radical (unpaired) electrons. The molecule has 15 heavy (non-hydrogen) atoms. The SMILES string of the molecule is Cc1cc(Cl)ccc1N=C1SCC(C)S1. The molecule has 1 aliphatic heterocycles. The van der Waals surface area contributed by atoms with Gasteiger partial charge >= 0.3 is 0 Å². The Morgan fingerprint density at radius 1 is 1.47 bits per heavy atom. The summed E-state index contributed by atoms with van der Waals surface area (Å²) in [5, 5.41) is 1.46. The molecule has 1 unspecified atom stereocenters. The van der Waals surface area contributed by atoms with E-state index in [1.165, 1.54) is 4.38 Å². The molecule has 2 rings (SSSR count). The second-order valence-corrected chi connectivity index (χ2v) is 6.68. The first-order valence-electron chi connectivity index (χ1n) is 4.79. The lowest BCUT2D eigenvalue weighted by molar-refractivity contribution is 1.15. The van der Waals surface area contributed by atoms with Gasteiger partial charge in [-0.05, 0) is 30.7 Å². The van der Waals surface area contributed by atoms with Gasteiger partial charge in [-0.3, -0.25) is 0 Å². The monoisotopic (exact) mass is 257 g/mol. The van der Waals surface area contributed by atoms with Crippen molar-refractivity contribution in [2.45, 2.75) is 19.1 Å². The number of nitrogens with zero attached hydrogens (tertiary/aromatic N) is 1.